The van der Waals surface area contributed by atoms with Gasteiger partial charge in [0.25, 0.3) is 11.2 Å². The predicted octanol–water partition coefficient (Wildman–Crippen LogP) is 2.94. The van der Waals surface area contributed by atoms with Crippen molar-refractivity contribution in [1.82, 2.24) is 9.97 Å². The molecule has 0 saturated heterocycles. The van der Waals surface area contributed by atoms with Crippen molar-refractivity contribution in [3.63, 3.8) is 0 Å². The molecule has 3 aromatic rings. The van der Waals surface area contributed by atoms with Gasteiger partial charge in [-0.1, -0.05) is 12.1 Å². The number of esters is 1. The van der Waals surface area contributed by atoms with Gasteiger partial charge in [0, 0.05) is 12.1 Å². The smallest absolute Gasteiger partial charge is 0.340 e. The average Bonchev–Trinajstić information content (AvgIpc) is 2.66. The molecule has 8 nitrogen and oxygen atoms in total. The van der Waals surface area contributed by atoms with Gasteiger partial charge in [0.15, 0.2) is 0 Å². The molecule has 0 unspecified atom stereocenters. The molecule has 3 rings (SSSR count). The Labute approximate surface area is 153 Å². The first-order valence-electron chi connectivity index (χ1n) is 8.12. The summed E-state index contributed by atoms with van der Waals surface area (Å²) in [6, 6.07) is 12.5. The molecule has 0 fully saturated rings. The molecular formula is C19H15N3O5. The summed E-state index contributed by atoms with van der Waals surface area (Å²) in [4.78, 5) is 42.1. The zero-order valence-corrected chi connectivity index (χ0v) is 14.3. The van der Waals surface area contributed by atoms with E-state index in [2.05, 4.69) is 9.97 Å². The summed E-state index contributed by atoms with van der Waals surface area (Å²) in [7, 11) is 0. The van der Waals surface area contributed by atoms with Crippen molar-refractivity contribution in [2.45, 2.75) is 6.92 Å². The number of fused-ring (bicyclic) bond motifs is 1. The number of rotatable bonds is 5. The van der Waals surface area contributed by atoms with Crippen LogP contribution < -0.4 is 5.56 Å². The minimum Gasteiger partial charge on any atom is -0.462 e. The van der Waals surface area contributed by atoms with E-state index in [0.29, 0.717) is 16.6 Å². The summed E-state index contributed by atoms with van der Waals surface area (Å²) in [6.45, 7) is 1.78. The second-order valence-corrected chi connectivity index (χ2v) is 5.56. The van der Waals surface area contributed by atoms with Gasteiger partial charge in [-0.05, 0) is 42.8 Å². The SMILES string of the molecule is CCOC(=O)/C(=C/c1ccc([N+](=O)[O-])cc1)c1nc2ccccc2[nH]c1=O. The van der Waals surface area contributed by atoms with E-state index < -0.39 is 16.5 Å². The highest BCUT2D eigenvalue weighted by atomic mass is 16.6. The van der Waals surface area contributed by atoms with E-state index in [1.807, 2.05) is 0 Å². The highest BCUT2D eigenvalue weighted by molar-refractivity contribution is 6.21. The summed E-state index contributed by atoms with van der Waals surface area (Å²) in [5, 5.41) is 10.8. The molecule has 0 radical (unpaired) electrons. The molecule has 0 spiro atoms. The van der Waals surface area contributed by atoms with E-state index in [1.54, 1.807) is 31.2 Å². The third kappa shape index (κ3) is 3.90. The highest BCUT2D eigenvalue weighted by Crippen LogP contribution is 2.20. The van der Waals surface area contributed by atoms with Crippen LogP contribution in [0.5, 0.6) is 0 Å². The molecule has 0 amide bonds. The van der Waals surface area contributed by atoms with E-state index in [4.69, 9.17) is 4.74 Å². The van der Waals surface area contributed by atoms with Crippen molar-refractivity contribution >= 4 is 34.3 Å². The normalized spacial score (nSPS) is 11.4. The van der Waals surface area contributed by atoms with Gasteiger partial charge < -0.3 is 9.72 Å². The number of nitro benzene ring substituents is 1. The van der Waals surface area contributed by atoms with Crippen LogP contribution in [0.3, 0.4) is 0 Å². The number of benzene rings is 2. The van der Waals surface area contributed by atoms with E-state index in [-0.39, 0.29) is 23.6 Å². The number of hydrogen-bond acceptors (Lipinski definition) is 6. The van der Waals surface area contributed by atoms with Crippen molar-refractivity contribution in [2.75, 3.05) is 6.61 Å². The average molecular weight is 365 g/mol. The van der Waals surface area contributed by atoms with E-state index in [9.17, 15) is 19.7 Å². The Hall–Kier alpha value is -3.81. The number of aromatic amines is 1. The van der Waals surface area contributed by atoms with Crippen LogP contribution in [0.15, 0.2) is 53.3 Å². The Morgan fingerprint density at radius 2 is 1.93 bits per heavy atom. The van der Waals surface area contributed by atoms with Crippen LogP contribution in [0.4, 0.5) is 5.69 Å². The van der Waals surface area contributed by atoms with Crippen molar-refractivity contribution in [3.05, 3.63) is 80.3 Å². The lowest BCUT2D eigenvalue weighted by atomic mass is 10.1. The van der Waals surface area contributed by atoms with Crippen LogP contribution in [0.1, 0.15) is 18.2 Å². The molecule has 1 heterocycles. The summed E-state index contributed by atoms with van der Waals surface area (Å²) in [5.74, 6) is -0.705. The second kappa shape index (κ2) is 7.61. The lowest BCUT2D eigenvalue weighted by Crippen LogP contribution is -2.19. The maximum atomic E-state index is 12.5. The Kier molecular flexibility index (Phi) is 5.07. The molecule has 27 heavy (non-hydrogen) atoms. The first-order chi connectivity index (χ1) is 13.0. The molecule has 8 heteroatoms. The van der Waals surface area contributed by atoms with Crippen LogP contribution in [-0.2, 0) is 9.53 Å². The number of hydrogen-bond donors (Lipinski definition) is 1. The highest BCUT2D eigenvalue weighted by Gasteiger charge is 2.19. The van der Waals surface area contributed by atoms with Crippen LogP contribution in [0.2, 0.25) is 0 Å². The zero-order chi connectivity index (χ0) is 19.4. The third-order valence-electron chi connectivity index (χ3n) is 3.76. The minimum atomic E-state index is -0.705. The van der Waals surface area contributed by atoms with Crippen LogP contribution in [0.25, 0.3) is 22.7 Å². The molecule has 1 aromatic heterocycles. The fourth-order valence-corrected chi connectivity index (χ4v) is 2.50. The van der Waals surface area contributed by atoms with Gasteiger partial charge in [-0.2, -0.15) is 0 Å². The summed E-state index contributed by atoms with van der Waals surface area (Å²) >= 11 is 0. The first-order valence-corrected chi connectivity index (χ1v) is 8.12. The molecular weight excluding hydrogens is 350 g/mol. The molecule has 0 aliphatic heterocycles. The van der Waals surface area contributed by atoms with E-state index >= 15 is 0 Å². The number of carbonyl (C=O) groups excluding carboxylic acids is 1. The van der Waals surface area contributed by atoms with Crippen molar-refractivity contribution in [2.24, 2.45) is 0 Å². The number of aromatic nitrogens is 2. The van der Waals surface area contributed by atoms with Gasteiger partial charge in [0.05, 0.1) is 28.1 Å². The predicted molar refractivity (Wildman–Crippen MR) is 100.0 cm³/mol. The first kappa shape index (κ1) is 18.0. The topological polar surface area (TPSA) is 115 Å². The molecule has 0 saturated carbocycles. The number of para-hydroxylation sites is 2. The van der Waals surface area contributed by atoms with Crippen LogP contribution in [0, 0.1) is 10.1 Å². The lowest BCUT2D eigenvalue weighted by Gasteiger charge is -2.07. The number of nitrogens with one attached hydrogen (secondary N) is 1. The third-order valence-corrected chi connectivity index (χ3v) is 3.76. The number of H-pyrrole nitrogens is 1. The van der Waals surface area contributed by atoms with E-state index in [0.717, 1.165) is 0 Å². The molecule has 0 aliphatic carbocycles. The lowest BCUT2D eigenvalue weighted by molar-refractivity contribution is -0.384. The van der Waals surface area contributed by atoms with Crippen molar-refractivity contribution in [1.29, 1.82) is 0 Å². The molecule has 0 bridgehead atoms. The zero-order valence-electron chi connectivity index (χ0n) is 14.3. The Bertz CT molecular complexity index is 1100. The number of ether oxygens (including phenoxy) is 1. The van der Waals surface area contributed by atoms with Gasteiger partial charge >= 0.3 is 5.97 Å². The minimum absolute atomic E-state index is 0.0299. The summed E-state index contributed by atoms with van der Waals surface area (Å²) < 4.78 is 5.05. The van der Waals surface area contributed by atoms with Gasteiger partial charge in [-0.3, -0.25) is 14.9 Å². The van der Waals surface area contributed by atoms with Crippen LogP contribution >= 0.6 is 0 Å². The Morgan fingerprint density at radius 3 is 2.59 bits per heavy atom. The van der Waals surface area contributed by atoms with Gasteiger partial charge in [-0.15, -0.1) is 0 Å². The number of non-ortho nitro benzene ring substituents is 1. The molecule has 1 N–H and O–H groups in total. The maximum absolute atomic E-state index is 12.5. The second-order valence-electron chi connectivity index (χ2n) is 5.56. The Balaban J connectivity index is 2.14. The van der Waals surface area contributed by atoms with Gasteiger partial charge in [0.2, 0.25) is 0 Å². The monoisotopic (exact) mass is 365 g/mol. The van der Waals surface area contributed by atoms with Gasteiger partial charge in [0.1, 0.15) is 5.69 Å². The van der Waals surface area contributed by atoms with Crippen LogP contribution in [-0.4, -0.2) is 27.5 Å². The number of carbonyl (C=O) groups is 1. The Morgan fingerprint density at radius 1 is 1.22 bits per heavy atom. The van der Waals surface area contributed by atoms with E-state index in [1.165, 1.54) is 30.3 Å². The molecule has 2 aromatic carbocycles. The molecule has 0 atom stereocenters. The fourth-order valence-electron chi connectivity index (χ4n) is 2.50. The fraction of sp³-hybridized carbons (Fsp3) is 0.105. The van der Waals surface area contributed by atoms with Gasteiger partial charge in [-0.25, -0.2) is 9.78 Å². The molecule has 136 valence electrons. The van der Waals surface area contributed by atoms with Crippen molar-refractivity contribution < 1.29 is 14.5 Å². The van der Waals surface area contributed by atoms with Crippen molar-refractivity contribution in [3.8, 4) is 0 Å². The maximum Gasteiger partial charge on any atom is 0.340 e. The summed E-state index contributed by atoms with van der Waals surface area (Å²) in [6.07, 6.45) is 1.42. The largest absolute Gasteiger partial charge is 0.462 e. The number of nitrogens with zero attached hydrogens (tertiary/aromatic N) is 2. The summed E-state index contributed by atoms with van der Waals surface area (Å²) in [5.41, 5.74) is 0.846. The molecule has 0 aliphatic rings. The standard InChI is InChI=1S/C19H15N3O5/c1-2-27-19(24)14(11-12-7-9-13(10-8-12)22(25)26)17-18(23)21-16-6-4-3-5-15(16)20-17/h3-11H,2H2,1H3,(H,21,23)/b14-11+. The number of nitro groups is 1. The quantitative estimate of drug-likeness (QED) is 0.322.